The summed E-state index contributed by atoms with van der Waals surface area (Å²) in [5.74, 6) is -1.81. The molecule has 249 valence electrons. The molecule has 0 spiro atoms. The van der Waals surface area contributed by atoms with Crippen LogP contribution >= 0.6 is 0 Å². The number of rotatable bonds is 32. The van der Waals surface area contributed by atoms with E-state index in [4.69, 9.17) is 0 Å². The van der Waals surface area contributed by atoms with E-state index in [1.165, 1.54) is 167 Å². The minimum Gasteiger partial charge on any atom is -0.550 e. The van der Waals surface area contributed by atoms with Crippen LogP contribution in [0, 0.1) is 0 Å². The molecule has 0 unspecified atom stereocenters. The van der Waals surface area contributed by atoms with Gasteiger partial charge in [0.1, 0.15) is 0 Å². The second kappa shape index (κ2) is 45.5. The Kier molecular flexibility index (Phi) is 53.1. The first-order valence-corrected chi connectivity index (χ1v) is 17.9. The number of carboxylic acids is 2. The zero-order valence-corrected chi connectivity index (χ0v) is 32.2. The van der Waals surface area contributed by atoms with E-state index in [9.17, 15) is 19.8 Å². The first kappa shape index (κ1) is 49.0. The van der Waals surface area contributed by atoms with Crippen LogP contribution in [0.5, 0.6) is 0 Å². The van der Waals surface area contributed by atoms with Gasteiger partial charge in [0.05, 0.1) is 0 Å². The molecule has 0 aliphatic carbocycles. The first-order valence-electron chi connectivity index (χ1n) is 17.9. The van der Waals surface area contributed by atoms with Crippen molar-refractivity contribution in [2.75, 3.05) is 0 Å². The largest absolute Gasteiger partial charge is 2.00 e. The van der Waals surface area contributed by atoms with Gasteiger partial charge in [-0.1, -0.05) is 194 Å². The van der Waals surface area contributed by atoms with Gasteiger partial charge in [-0.05, 0) is 25.7 Å². The minimum absolute atomic E-state index is 0. The molecular weight excluding hydrogens is 625 g/mol. The van der Waals surface area contributed by atoms with Crippen molar-refractivity contribution < 1.29 is 56.3 Å². The molecule has 42 heavy (non-hydrogen) atoms. The average Bonchev–Trinajstić information content (AvgIpc) is 2.93. The molecule has 0 N–H and O–H groups in total. The Morgan fingerprint density at radius 3 is 0.619 bits per heavy atom. The Morgan fingerprint density at radius 1 is 0.333 bits per heavy atom. The molecule has 0 heterocycles. The van der Waals surface area contributed by atoms with E-state index in [-0.39, 0.29) is 49.4 Å². The maximum Gasteiger partial charge on any atom is 2.00 e. The fourth-order valence-corrected chi connectivity index (χ4v) is 5.28. The van der Waals surface area contributed by atoms with Gasteiger partial charge in [0.2, 0.25) is 0 Å². The molecule has 0 amide bonds. The summed E-state index contributed by atoms with van der Waals surface area (Å²) < 4.78 is 0. The van der Waals surface area contributed by atoms with E-state index in [0.29, 0.717) is 0 Å². The van der Waals surface area contributed by atoms with E-state index in [1.807, 2.05) is 0 Å². The Bertz CT molecular complexity index is 461. The minimum atomic E-state index is -0.903. The first-order chi connectivity index (χ1) is 19.5. The van der Waals surface area contributed by atoms with Crippen LogP contribution in [-0.4, -0.2) is 11.9 Å². The van der Waals surface area contributed by atoms with Gasteiger partial charge in [-0.15, -0.1) is 0 Å². The van der Waals surface area contributed by atoms with Crippen molar-refractivity contribution in [3.05, 3.63) is 0 Å². The number of carbonyl (C=O) groups excluding carboxylic acids is 2. The summed E-state index contributed by atoms with van der Waals surface area (Å²) in [7, 11) is 0. The van der Waals surface area contributed by atoms with Crippen molar-refractivity contribution in [3.8, 4) is 0 Å². The third-order valence-corrected chi connectivity index (χ3v) is 7.97. The molecular formula is C36H70CuO4Zn+2. The van der Waals surface area contributed by atoms with Crippen LogP contribution in [0.15, 0.2) is 0 Å². The van der Waals surface area contributed by atoms with Crippen molar-refractivity contribution in [1.82, 2.24) is 0 Å². The van der Waals surface area contributed by atoms with Gasteiger partial charge < -0.3 is 19.8 Å². The van der Waals surface area contributed by atoms with E-state index in [1.54, 1.807) is 0 Å². The summed E-state index contributed by atoms with van der Waals surface area (Å²) in [5.41, 5.74) is 0. The fraction of sp³-hybridized carbons (Fsp3) is 0.944. The summed E-state index contributed by atoms with van der Waals surface area (Å²) in [4.78, 5) is 20.4. The van der Waals surface area contributed by atoms with Crippen LogP contribution in [0.4, 0.5) is 0 Å². The van der Waals surface area contributed by atoms with E-state index in [0.717, 1.165) is 25.7 Å². The molecule has 4 nitrogen and oxygen atoms in total. The fourth-order valence-electron chi connectivity index (χ4n) is 5.28. The molecule has 6 heteroatoms. The van der Waals surface area contributed by atoms with E-state index >= 15 is 0 Å². The maximum absolute atomic E-state index is 10.2. The summed E-state index contributed by atoms with van der Waals surface area (Å²) in [6.07, 6.45) is 39.7. The summed E-state index contributed by atoms with van der Waals surface area (Å²) >= 11 is 0. The van der Waals surface area contributed by atoms with Gasteiger partial charge in [-0.25, -0.2) is 0 Å². The third-order valence-electron chi connectivity index (χ3n) is 7.97. The van der Waals surface area contributed by atoms with Crippen LogP contribution in [0.2, 0.25) is 0 Å². The van der Waals surface area contributed by atoms with Gasteiger partial charge in [-0.2, -0.15) is 0 Å². The normalized spacial score (nSPS) is 10.3. The van der Waals surface area contributed by atoms with Crippen LogP contribution in [0.1, 0.15) is 219 Å². The molecule has 0 saturated heterocycles. The number of hydrogen-bond donors (Lipinski definition) is 0. The van der Waals surface area contributed by atoms with Gasteiger partial charge in [-0.3, -0.25) is 0 Å². The van der Waals surface area contributed by atoms with Crippen molar-refractivity contribution in [3.63, 3.8) is 0 Å². The van der Waals surface area contributed by atoms with E-state index in [2.05, 4.69) is 13.8 Å². The quantitative estimate of drug-likeness (QED) is 0.0518. The van der Waals surface area contributed by atoms with Gasteiger partial charge in [0.25, 0.3) is 0 Å². The van der Waals surface area contributed by atoms with Crippen LogP contribution in [0.25, 0.3) is 0 Å². The standard InChI is InChI=1S/2C18H36O2.Cu.Zn/c2*1-2-3-4-5-6-7-8-9-10-11-12-13-14-15-16-17-18(19)20;;/h2*2-17H2,1H3,(H,19,20);;/q;;2*+2/p-2. The Morgan fingerprint density at radius 2 is 0.476 bits per heavy atom. The Balaban J connectivity index is -0.000000328. The second-order valence-corrected chi connectivity index (χ2v) is 12.1. The molecule has 0 atom stereocenters. The second-order valence-electron chi connectivity index (χ2n) is 12.1. The molecule has 0 bridgehead atoms. The third kappa shape index (κ3) is 52.7. The SMILES string of the molecule is CCCCCCCCCCCCCCCCCC(=O)[O-].CCCCCCCCCCCCCCCCCC(=O)[O-].[Cu+2].[Zn+2]. The molecule has 0 aliphatic rings. The average molecular weight is 696 g/mol. The Labute approximate surface area is 286 Å². The summed E-state index contributed by atoms with van der Waals surface area (Å²) in [5, 5.41) is 20.4. The molecule has 0 saturated carbocycles. The van der Waals surface area contributed by atoms with Crippen LogP contribution in [-0.2, 0) is 46.1 Å². The predicted octanol–water partition coefficient (Wildman–Crippen LogP) is 9.99. The number of unbranched alkanes of at least 4 members (excludes halogenated alkanes) is 28. The number of hydrogen-bond acceptors (Lipinski definition) is 4. The number of aliphatic carboxylic acids is 2. The van der Waals surface area contributed by atoms with Gasteiger partial charge in [0.15, 0.2) is 0 Å². The number of carbonyl (C=O) groups is 2. The van der Waals surface area contributed by atoms with Crippen molar-refractivity contribution in [2.24, 2.45) is 0 Å². The van der Waals surface area contributed by atoms with Crippen molar-refractivity contribution in [2.45, 2.75) is 219 Å². The molecule has 1 radical (unpaired) electrons. The number of carboxylic acid groups (broad SMARTS) is 2. The predicted molar refractivity (Wildman–Crippen MR) is 169 cm³/mol. The van der Waals surface area contributed by atoms with Gasteiger partial charge in [0, 0.05) is 11.9 Å². The summed E-state index contributed by atoms with van der Waals surface area (Å²) in [6, 6.07) is 0. The molecule has 0 aromatic carbocycles. The van der Waals surface area contributed by atoms with Crippen molar-refractivity contribution in [1.29, 1.82) is 0 Å². The molecule has 0 aliphatic heterocycles. The van der Waals surface area contributed by atoms with Crippen LogP contribution in [0.3, 0.4) is 0 Å². The van der Waals surface area contributed by atoms with Crippen molar-refractivity contribution >= 4 is 11.9 Å². The topological polar surface area (TPSA) is 80.3 Å². The molecule has 0 fully saturated rings. The Hall–Kier alpha value is 0.0829. The smallest absolute Gasteiger partial charge is 0.550 e. The molecule has 0 aromatic heterocycles. The van der Waals surface area contributed by atoms with E-state index < -0.39 is 11.9 Å². The zero-order chi connectivity index (χ0) is 29.8. The molecule has 0 rings (SSSR count). The zero-order valence-electron chi connectivity index (χ0n) is 28.3. The summed E-state index contributed by atoms with van der Waals surface area (Å²) in [6.45, 7) is 4.53. The maximum atomic E-state index is 10.2. The van der Waals surface area contributed by atoms with Gasteiger partial charge >= 0.3 is 36.5 Å². The molecule has 0 aromatic rings. The van der Waals surface area contributed by atoms with Crippen LogP contribution < -0.4 is 10.2 Å². The monoisotopic (exact) mass is 693 g/mol.